The molecule has 0 aliphatic heterocycles. The minimum absolute atomic E-state index is 0. The third-order valence-electron chi connectivity index (χ3n) is 4.49. The zero-order valence-corrected chi connectivity index (χ0v) is 16.0. The van der Waals surface area contributed by atoms with E-state index in [2.05, 4.69) is 41.6 Å². The maximum absolute atomic E-state index is 11.5. The predicted molar refractivity (Wildman–Crippen MR) is 98.7 cm³/mol. The quantitative estimate of drug-likeness (QED) is 0.719. The first-order valence-electron chi connectivity index (χ1n) is 8.60. The molecule has 0 saturated carbocycles. The Kier molecular flexibility index (Phi) is 6.32. The third kappa shape index (κ3) is 4.19. The fourth-order valence-electron chi connectivity index (χ4n) is 3.53. The van der Waals surface area contributed by atoms with Gasteiger partial charge in [0.2, 0.25) is 11.6 Å². The number of nitrogens with one attached hydrogen (secondary N) is 3. The number of rotatable bonds is 4. The number of carbonyl (C=O) groups is 1. The van der Waals surface area contributed by atoms with Crippen molar-refractivity contribution >= 4 is 23.4 Å². The fourth-order valence-corrected chi connectivity index (χ4v) is 3.53. The van der Waals surface area contributed by atoms with Crippen LogP contribution in [0, 0.1) is 13.8 Å². The Morgan fingerprint density at radius 1 is 1.35 bits per heavy atom. The summed E-state index contributed by atoms with van der Waals surface area (Å²) < 4.78 is 4.87. The van der Waals surface area contributed by atoms with E-state index >= 15 is 0 Å². The lowest BCUT2D eigenvalue weighted by molar-refractivity contribution is -0.342. The van der Waals surface area contributed by atoms with Crippen LogP contribution in [-0.2, 0) is 11.2 Å². The summed E-state index contributed by atoms with van der Waals surface area (Å²) in [4.78, 5) is 14.6. The molecule has 1 heterocycles. The second kappa shape index (κ2) is 8.27. The molecule has 5 N–H and O–H groups in total. The van der Waals surface area contributed by atoms with E-state index in [1.54, 1.807) is 13.0 Å². The summed E-state index contributed by atoms with van der Waals surface area (Å²) in [5.41, 5.74) is 11.9. The minimum atomic E-state index is -0.515. The number of hydrogen-bond donors (Lipinski definition) is 3. The van der Waals surface area contributed by atoms with Crippen molar-refractivity contribution in [3.8, 4) is 0 Å². The smallest absolute Gasteiger partial charge is 0.411 e. The summed E-state index contributed by atoms with van der Waals surface area (Å²) in [5, 5.41) is 6.14. The van der Waals surface area contributed by atoms with Gasteiger partial charge in [0, 0.05) is 6.07 Å². The SMILES string of the molecule is CCOC(=O)Nc1ccc(NC2CCc3cc(C)cc(C)c32)[nH+]c1N.[Cl-]. The highest BCUT2D eigenvalue weighted by Crippen LogP contribution is 2.36. The lowest BCUT2D eigenvalue weighted by Crippen LogP contribution is -3.00. The van der Waals surface area contributed by atoms with Gasteiger partial charge in [0.15, 0.2) is 0 Å². The number of fused-ring (bicyclic) bond motifs is 1. The molecule has 1 amide bonds. The van der Waals surface area contributed by atoms with Crippen molar-refractivity contribution in [2.45, 2.75) is 39.7 Å². The van der Waals surface area contributed by atoms with Crippen LogP contribution < -0.4 is 33.8 Å². The van der Waals surface area contributed by atoms with Gasteiger partial charge in [-0.25, -0.2) is 9.78 Å². The number of nitrogens with two attached hydrogens (primary N) is 1. The number of halogens is 1. The number of pyridine rings is 1. The highest BCUT2D eigenvalue weighted by molar-refractivity contribution is 5.87. The van der Waals surface area contributed by atoms with Gasteiger partial charge in [0.05, 0.1) is 12.6 Å². The van der Waals surface area contributed by atoms with Crippen LogP contribution in [0.2, 0.25) is 0 Å². The van der Waals surface area contributed by atoms with E-state index in [-0.39, 0.29) is 18.4 Å². The third-order valence-corrected chi connectivity index (χ3v) is 4.49. The van der Waals surface area contributed by atoms with Gasteiger partial charge in [-0.15, -0.1) is 0 Å². The maximum atomic E-state index is 11.5. The number of benzene rings is 1. The molecule has 1 aromatic heterocycles. The molecule has 2 aromatic rings. The zero-order chi connectivity index (χ0) is 18.0. The molecule has 0 radical (unpaired) electrons. The van der Waals surface area contributed by atoms with Gasteiger partial charge in [0.1, 0.15) is 5.69 Å². The number of anilines is 3. The number of amides is 1. The lowest BCUT2D eigenvalue weighted by Gasteiger charge is -2.15. The summed E-state index contributed by atoms with van der Waals surface area (Å²) in [6, 6.07) is 8.40. The van der Waals surface area contributed by atoms with Crippen LogP contribution in [0.3, 0.4) is 0 Å². The Balaban J connectivity index is 0.00000243. The van der Waals surface area contributed by atoms with Gasteiger partial charge in [-0.3, -0.25) is 10.6 Å². The van der Waals surface area contributed by atoms with Crippen molar-refractivity contribution < 1.29 is 26.9 Å². The van der Waals surface area contributed by atoms with Gasteiger partial charge in [-0.05, 0) is 56.4 Å². The normalized spacial score (nSPS) is 15.0. The largest absolute Gasteiger partial charge is 1.00 e. The molecule has 1 aliphatic rings. The second-order valence-electron chi connectivity index (χ2n) is 6.44. The van der Waals surface area contributed by atoms with Crippen LogP contribution in [-0.4, -0.2) is 12.7 Å². The van der Waals surface area contributed by atoms with E-state index < -0.39 is 6.09 Å². The average molecular weight is 377 g/mol. The van der Waals surface area contributed by atoms with E-state index in [0.29, 0.717) is 18.1 Å². The molecule has 0 saturated heterocycles. The van der Waals surface area contributed by atoms with E-state index in [1.165, 1.54) is 22.3 Å². The molecular weight excluding hydrogens is 352 g/mol. The number of aromatic nitrogens is 1. The lowest BCUT2D eigenvalue weighted by atomic mass is 9.99. The van der Waals surface area contributed by atoms with Crippen molar-refractivity contribution in [2.75, 3.05) is 23.0 Å². The molecule has 0 fully saturated rings. The average Bonchev–Trinajstić information content (AvgIpc) is 2.93. The first-order chi connectivity index (χ1) is 12.0. The van der Waals surface area contributed by atoms with E-state index in [9.17, 15) is 4.79 Å². The Hall–Kier alpha value is -2.47. The summed E-state index contributed by atoms with van der Waals surface area (Å²) in [7, 11) is 0. The van der Waals surface area contributed by atoms with Gasteiger partial charge in [-0.2, -0.15) is 0 Å². The van der Waals surface area contributed by atoms with Crippen molar-refractivity contribution in [1.29, 1.82) is 0 Å². The Bertz CT molecular complexity index is 810. The van der Waals surface area contributed by atoms with Crippen molar-refractivity contribution in [3.05, 3.63) is 46.5 Å². The predicted octanol–water partition coefficient (Wildman–Crippen LogP) is 0.372. The topological polar surface area (TPSA) is 90.5 Å². The van der Waals surface area contributed by atoms with Crippen LogP contribution in [0.25, 0.3) is 0 Å². The number of H-pyrrole nitrogens is 1. The molecule has 26 heavy (non-hydrogen) atoms. The number of aryl methyl sites for hydroxylation is 3. The number of ether oxygens (including phenoxy) is 1. The van der Waals surface area contributed by atoms with E-state index in [0.717, 1.165) is 18.7 Å². The van der Waals surface area contributed by atoms with Crippen LogP contribution in [0.15, 0.2) is 24.3 Å². The standard InChI is InChI=1S/C19H24N4O2.ClH/c1-4-25-19(24)22-15-7-8-16(23-18(15)20)21-14-6-5-13-10-11(2)9-12(3)17(13)14;/h7-10,14H,4-6H2,1-3H3,(H,22,24)(H3,20,21,23);1H. The molecule has 0 spiro atoms. The van der Waals surface area contributed by atoms with Gasteiger partial charge in [0.25, 0.3) is 0 Å². The first-order valence-corrected chi connectivity index (χ1v) is 8.60. The summed E-state index contributed by atoms with van der Waals surface area (Å²) in [6.45, 7) is 6.37. The van der Waals surface area contributed by atoms with Crippen molar-refractivity contribution in [3.63, 3.8) is 0 Å². The van der Waals surface area contributed by atoms with Crippen LogP contribution in [0.1, 0.15) is 41.6 Å². The number of hydrogen-bond acceptors (Lipinski definition) is 4. The monoisotopic (exact) mass is 376 g/mol. The van der Waals surface area contributed by atoms with Crippen molar-refractivity contribution in [1.82, 2.24) is 0 Å². The molecule has 7 heteroatoms. The zero-order valence-electron chi connectivity index (χ0n) is 15.3. The molecule has 140 valence electrons. The molecular formula is C19H25ClN4O2. The molecule has 1 unspecified atom stereocenters. The molecule has 1 aliphatic carbocycles. The molecule has 1 atom stereocenters. The highest BCUT2D eigenvalue weighted by Gasteiger charge is 2.27. The Labute approximate surface area is 159 Å². The fraction of sp³-hybridized carbons (Fsp3) is 0.368. The van der Waals surface area contributed by atoms with Gasteiger partial charge >= 0.3 is 6.09 Å². The molecule has 0 bridgehead atoms. The van der Waals surface area contributed by atoms with Crippen LogP contribution >= 0.6 is 0 Å². The van der Waals surface area contributed by atoms with E-state index in [4.69, 9.17) is 10.5 Å². The second-order valence-corrected chi connectivity index (χ2v) is 6.44. The first kappa shape index (κ1) is 19.8. The minimum Gasteiger partial charge on any atom is -1.00 e. The van der Waals surface area contributed by atoms with Gasteiger partial charge < -0.3 is 22.9 Å². The molecule has 1 aromatic carbocycles. The maximum Gasteiger partial charge on any atom is 0.411 e. The van der Waals surface area contributed by atoms with Crippen LogP contribution in [0.5, 0.6) is 0 Å². The summed E-state index contributed by atoms with van der Waals surface area (Å²) in [6.07, 6.45) is 1.61. The molecule has 3 rings (SSSR count). The number of carbonyl (C=O) groups excluding carboxylic acids is 1. The highest BCUT2D eigenvalue weighted by atomic mass is 35.5. The van der Waals surface area contributed by atoms with E-state index in [1.807, 2.05) is 6.07 Å². The summed E-state index contributed by atoms with van der Waals surface area (Å²) >= 11 is 0. The van der Waals surface area contributed by atoms with Gasteiger partial charge in [-0.1, -0.05) is 17.7 Å². The van der Waals surface area contributed by atoms with Crippen LogP contribution in [0.4, 0.5) is 22.1 Å². The number of nitrogen functional groups attached to an aromatic ring is 1. The Morgan fingerprint density at radius 2 is 2.12 bits per heavy atom. The Morgan fingerprint density at radius 3 is 2.81 bits per heavy atom. The molecule has 6 nitrogen and oxygen atoms in total. The number of aromatic amines is 1. The summed E-state index contributed by atoms with van der Waals surface area (Å²) in [5.74, 6) is 1.21. The van der Waals surface area contributed by atoms with Crippen molar-refractivity contribution in [2.24, 2.45) is 0 Å².